The van der Waals surface area contributed by atoms with E-state index in [0.717, 1.165) is 0 Å². The van der Waals surface area contributed by atoms with Crippen molar-refractivity contribution in [2.45, 2.75) is 39.2 Å². The highest BCUT2D eigenvalue weighted by molar-refractivity contribution is 5.04. The molecule has 0 saturated carbocycles. The molecule has 76 valence electrons. The van der Waals surface area contributed by atoms with Crippen molar-refractivity contribution < 1.29 is 0 Å². The summed E-state index contributed by atoms with van der Waals surface area (Å²) in [5.74, 6) is 0. The molecule has 2 heteroatoms. The molecular weight excluding hydrogens is 160 g/mol. The van der Waals surface area contributed by atoms with Crippen LogP contribution in [0.2, 0.25) is 0 Å². The molecule has 0 unspecified atom stereocenters. The first-order chi connectivity index (χ1) is 6.08. The molecule has 2 aliphatic heterocycles. The van der Waals surface area contributed by atoms with Crippen LogP contribution in [-0.2, 0) is 0 Å². The summed E-state index contributed by atoms with van der Waals surface area (Å²) in [7, 11) is 0. The van der Waals surface area contributed by atoms with Gasteiger partial charge >= 0.3 is 0 Å². The lowest BCUT2D eigenvalue weighted by Gasteiger charge is -2.55. The van der Waals surface area contributed by atoms with Crippen LogP contribution in [0.15, 0.2) is 0 Å². The van der Waals surface area contributed by atoms with Crippen molar-refractivity contribution in [3.05, 3.63) is 0 Å². The van der Waals surface area contributed by atoms with Crippen molar-refractivity contribution >= 4 is 0 Å². The van der Waals surface area contributed by atoms with Crippen molar-refractivity contribution in [1.82, 2.24) is 10.2 Å². The second-order valence-corrected chi connectivity index (χ2v) is 5.45. The minimum atomic E-state index is 0.424. The van der Waals surface area contributed by atoms with Gasteiger partial charge in [-0.25, -0.2) is 0 Å². The van der Waals surface area contributed by atoms with Crippen LogP contribution in [0.25, 0.3) is 0 Å². The van der Waals surface area contributed by atoms with Gasteiger partial charge in [-0.05, 0) is 33.2 Å². The normalized spacial score (nSPS) is 27.9. The third-order valence-electron chi connectivity index (χ3n) is 4.11. The van der Waals surface area contributed by atoms with Crippen LogP contribution in [0, 0.1) is 5.41 Å². The number of nitrogens with one attached hydrogen (secondary N) is 1. The fraction of sp³-hybridized carbons (Fsp3) is 1.00. The minimum Gasteiger partial charge on any atom is -0.316 e. The zero-order valence-corrected chi connectivity index (χ0v) is 9.19. The van der Waals surface area contributed by atoms with Crippen LogP contribution in [0.5, 0.6) is 0 Å². The summed E-state index contributed by atoms with van der Waals surface area (Å²) in [6, 6.07) is 0. The lowest BCUT2D eigenvalue weighted by Crippen LogP contribution is -2.64. The molecule has 0 aromatic heterocycles. The zero-order valence-electron chi connectivity index (χ0n) is 9.19. The Balaban J connectivity index is 1.90. The summed E-state index contributed by atoms with van der Waals surface area (Å²) in [4.78, 5) is 2.64. The Morgan fingerprint density at radius 3 is 2.54 bits per heavy atom. The van der Waals surface area contributed by atoms with E-state index in [1.165, 1.54) is 39.0 Å². The highest BCUT2D eigenvalue weighted by Crippen LogP contribution is 2.40. The molecular formula is C11H22N2. The van der Waals surface area contributed by atoms with Gasteiger partial charge in [-0.15, -0.1) is 0 Å². The Morgan fingerprint density at radius 2 is 2.08 bits per heavy atom. The van der Waals surface area contributed by atoms with E-state index >= 15 is 0 Å². The van der Waals surface area contributed by atoms with Gasteiger partial charge in [0.15, 0.2) is 0 Å². The number of hydrogen-bond acceptors (Lipinski definition) is 2. The van der Waals surface area contributed by atoms with Crippen LogP contribution in [0.1, 0.15) is 33.6 Å². The monoisotopic (exact) mass is 182 g/mol. The highest BCUT2D eigenvalue weighted by Gasteiger charge is 2.48. The summed E-state index contributed by atoms with van der Waals surface area (Å²) in [6.07, 6.45) is 2.65. The van der Waals surface area contributed by atoms with Gasteiger partial charge in [-0.2, -0.15) is 0 Å². The average molecular weight is 182 g/mol. The van der Waals surface area contributed by atoms with Gasteiger partial charge in [0, 0.05) is 30.6 Å². The van der Waals surface area contributed by atoms with Crippen LogP contribution in [0.3, 0.4) is 0 Å². The molecule has 2 fully saturated rings. The van der Waals surface area contributed by atoms with Crippen molar-refractivity contribution in [3.8, 4) is 0 Å². The topological polar surface area (TPSA) is 15.3 Å². The fourth-order valence-corrected chi connectivity index (χ4v) is 2.48. The van der Waals surface area contributed by atoms with Crippen molar-refractivity contribution in [1.29, 1.82) is 0 Å². The van der Waals surface area contributed by atoms with Gasteiger partial charge in [0.05, 0.1) is 0 Å². The maximum atomic E-state index is 3.48. The molecule has 2 nitrogen and oxygen atoms in total. The van der Waals surface area contributed by atoms with E-state index in [-0.39, 0.29) is 0 Å². The van der Waals surface area contributed by atoms with Crippen LogP contribution >= 0.6 is 0 Å². The summed E-state index contributed by atoms with van der Waals surface area (Å²) in [6.45, 7) is 12.1. The van der Waals surface area contributed by atoms with Gasteiger partial charge in [-0.3, -0.25) is 4.90 Å². The Kier molecular flexibility index (Phi) is 2.16. The number of nitrogens with zero attached hydrogens (tertiary/aromatic N) is 1. The molecule has 2 heterocycles. The van der Waals surface area contributed by atoms with Gasteiger partial charge in [0.1, 0.15) is 0 Å². The maximum Gasteiger partial charge on any atom is 0.0151 e. The summed E-state index contributed by atoms with van der Waals surface area (Å²) in [5.41, 5.74) is 1.08. The highest BCUT2D eigenvalue weighted by atomic mass is 15.3. The van der Waals surface area contributed by atoms with E-state index in [0.29, 0.717) is 11.0 Å². The molecule has 2 saturated heterocycles. The van der Waals surface area contributed by atoms with E-state index in [1.807, 2.05) is 0 Å². The molecule has 0 bridgehead atoms. The smallest absolute Gasteiger partial charge is 0.0151 e. The largest absolute Gasteiger partial charge is 0.316 e. The maximum absolute atomic E-state index is 3.48. The van der Waals surface area contributed by atoms with Gasteiger partial charge in [-0.1, -0.05) is 6.92 Å². The Bertz CT molecular complexity index is 184. The average Bonchev–Trinajstić information content (AvgIpc) is 2.49. The number of rotatable bonds is 2. The Labute approximate surface area is 81.7 Å². The van der Waals surface area contributed by atoms with Crippen molar-refractivity contribution in [2.24, 2.45) is 5.41 Å². The van der Waals surface area contributed by atoms with Gasteiger partial charge in [0.2, 0.25) is 0 Å². The predicted octanol–water partition coefficient (Wildman–Crippen LogP) is 1.47. The van der Waals surface area contributed by atoms with E-state index in [1.54, 1.807) is 0 Å². The minimum absolute atomic E-state index is 0.424. The molecule has 0 amide bonds. The van der Waals surface area contributed by atoms with Crippen LogP contribution in [0.4, 0.5) is 0 Å². The SMILES string of the molecule is CCC(C)(C)N1CC2(CCNC2)C1. The molecule has 0 aromatic carbocycles. The molecule has 0 radical (unpaired) electrons. The third kappa shape index (κ3) is 1.50. The van der Waals surface area contributed by atoms with E-state index < -0.39 is 0 Å². The Hall–Kier alpha value is -0.0800. The summed E-state index contributed by atoms with van der Waals surface area (Å²) >= 11 is 0. The van der Waals surface area contributed by atoms with Gasteiger partial charge < -0.3 is 5.32 Å². The molecule has 1 spiro atoms. The van der Waals surface area contributed by atoms with E-state index in [9.17, 15) is 0 Å². The first-order valence-corrected chi connectivity index (χ1v) is 5.54. The van der Waals surface area contributed by atoms with E-state index in [4.69, 9.17) is 0 Å². The molecule has 0 aromatic rings. The number of hydrogen-bond donors (Lipinski definition) is 1. The predicted molar refractivity (Wildman–Crippen MR) is 55.9 cm³/mol. The van der Waals surface area contributed by atoms with Crippen molar-refractivity contribution in [3.63, 3.8) is 0 Å². The van der Waals surface area contributed by atoms with Crippen LogP contribution in [-0.4, -0.2) is 36.6 Å². The molecule has 13 heavy (non-hydrogen) atoms. The quantitative estimate of drug-likeness (QED) is 0.695. The second-order valence-electron chi connectivity index (χ2n) is 5.45. The molecule has 2 rings (SSSR count). The number of likely N-dealkylation sites (tertiary alicyclic amines) is 1. The van der Waals surface area contributed by atoms with Crippen LogP contribution < -0.4 is 5.32 Å². The van der Waals surface area contributed by atoms with E-state index in [2.05, 4.69) is 31.0 Å². The first kappa shape index (κ1) is 9.47. The lowest BCUT2D eigenvalue weighted by molar-refractivity contribution is -0.0555. The molecule has 2 aliphatic rings. The summed E-state index contributed by atoms with van der Waals surface area (Å²) in [5, 5.41) is 3.48. The zero-order chi connectivity index (χ0) is 9.53. The Morgan fingerprint density at radius 1 is 1.38 bits per heavy atom. The van der Waals surface area contributed by atoms with Gasteiger partial charge in [0.25, 0.3) is 0 Å². The summed E-state index contributed by atoms with van der Waals surface area (Å²) < 4.78 is 0. The second kappa shape index (κ2) is 2.96. The standard InChI is InChI=1S/C11H22N2/c1-4-10(2,3)13-8-11(9-13)5-6-12-7-11/h12H,4-9H2,1-3H3. The lowest BCUT2D eigenvalue weighted by atomic mass is 9.75. The first-order valence-electron chi connectivity index (χ1n) is 5.54. The fourth-order valence-electron chi connectivity index (χ4n) is 2.48. The van der Waals surface area contributed by atoms with Crippen molar-refractivity contribution in [2.75, 3.05) is 26.2 Å². The third-order valence-corrected chi connectivity index (χ3v) is 4.11. The molecule has 0 atom stereocenters. The molecule has 0 aliphatic carbocycles. The molecule has 1 N–H and O–H groups in total.